The lowest BCUT2D eigenvalue weighted by Crippen LogP contribution is -2.13. The Kier molecular flexibility index (Phi) is 4.20. The minimum absolute atomic E-state index is 0.0745. The van der Waals surface area contributed by atoms with Gasteiger partial charge < -0.3 is 16.3 Å². The second-order valence-electron chi connectivity index (χ2n) is 4.45. The summed E-state index contributed by atoms with van der Waals surface area (Å²) >= 11 is 0. The number of rotatable bonds is 4. The van der Waals surface area contributed by atoms with Crippen LogP contribution in [0.2, 0.25) is 0 Å². The smallest absolute Gasteiger partial charge is 0.170 e. The van der Waals surface area contributed by atoms with E-state index in [9.17, 15) is 4.39 Å². The van der Waals surface area contributed by atoms with Gasteiger partial charge in [-0.2, -0.15) is 0 Å². The highest BCUT2D eigenvalue weighted by atomic mass is 19.1. The third-order valence-electron chi connectivity index (χ3n) is 3.11. The van der Waals surface area contributed by atoms with Gasteiger partial charge in [0.1, 0.15) is 5.82 Å². The maximum Gasteiger partial charge on any atom is 0.170 e. The molecule has 0 aliphatic rings. The van der Waals surface area contributed by atoms with Crippen molar-refractivity contribution >= 4 is 11.5 Å². The van der Waals surface area contributed by atoms with E-state index in [1.54, 1.807) is 25.1 Å². The van der Waals surface area contributed by atoms with Crippen molar-refractivity contribution in [1.29, 1.82) is 0 Å². The fraction of sp³-hybridized carbons (Fsp3) is 0.133. The molecular weight excluding hydrogens is 257 g/mol. The van der Waals surface area contributed by atoms with E-state index in [0.717, 1.165) is 11.3 Å². The SMILES string of the molecule is Cc1c(F)cccc1NCc1ccc(C(N)=NO)cc1. The molecule has 2 aromatic rings. The van der Waals surface area contributed by atoms with Crippen molar-refractivity contribution in [2.45, 2.75) is 13.5 Å². The summed E-state index contributed by atoms with van der Waals surface area (Å²) in [5.74, 6) is -0.150. The predicted octanol–water partition coefficient (Wildman–Crippen LogP) is 2.84. The Balaban J connectivity index is 2.06. The number of anilines is 1. The third kappa shape index (κ3) is 3.06. The lowest BCUT2D eigenvalue weighted by atomic mass is 10.1. The molecule has 2 aromatic carbocycles. The quantitative estimate of drug-likeness (QED) is 0.347. The summed E-state index contributed by atoms with van der Waals surface area (Å²) in [5.41, 5.74) is 8.52. The Labute approximate surface area is 116 Å². The molecule has 0 saturated carbocycles. The van der Waals surface area contributed by atoms with E-state index in [2.05, 4.69) is 10.5 Å². The maximum atomic E-state index is 13.4. The molecule has 0 aromatic heterocycles. The Morgan fingerprint density at radius 2 is 1.95 bits per heavy atom. The molecule has 0 amide bonds. The zero-order valence-electron chi connectivity index (χ0n) is 11.1. The fourth-order valence-corrected chi connectivity index (χ4v) is 1.85. The van der Waals surface area contributed by atoms with Gasteiger partial charge in [0.2, 0.25) is 0 Å². The van der Waals surface area contributed by atoms with Crippen LogP contribution >= 0.6 is 0 Å². The Morgan fingerprint density at radius 1 is 1.25 bits per heavy atom. The largest absolute Gasteiger partial charge is 0.409 e. The average molecular weight is 273 g/mol. The number of amidine groups is 1. The summed E-state index contributed by atoms with van der Waals surface area (Å²) in [6, 6.07) is 12.2. The van der Waals surface area contributed by atoms with Crippen molar-refractivity contribution in [3.8, 4) is 0 Å². The summed E-state index contributed by atoms with van der Waals surface area (Å²) in [6.45, 7) is 2.31. The summed E-state index contributed by atoms with van der Waals surface area (Å²) in [6.07, 6.45) is 0. The first kappa shape index (κ1) is 13.9. The van der Waals surface area contributed by atoms with E-state index in [1.165, 1.54) is 6.07 Å². The molecule has 0 aliphatic heterocycles. The highest BCUT2D eigenvalue weighted by molar-refractivity contribution is 5.96. The summed E-state index contributed by atoms with van der Waals surface area (Å²) in [4.78, 5) is 0. The molecule has 4 nitrogen and oxygen atoms in total. The van der Waals surface area contributed by atoms with Crippen LogP contribution in [0.3, 0.4) is 0 Å². The molecule has 0 heterocycles. The van der Waals surface area contributed by atoms with Gasteiger partial charge in [0.15, 0.2) is 5.84 Å². The number of benzene rings is 2. The zero-order chi connectivity index (χ0) is 14.5. The van der Waals surface area contributed by atoms with Crippen molar-refractivity contribution in [3.63, 3.8) is 0 Å². The lowest BCUT2D eigenvalue weighted by molar-refractivity contribution is 0.318. The van der Waals surface area contributed by atoms with Gasteiger partial charge in [-0.05, 0) is 24.6 Å². The molecule has 5 heteroatoms. The highest BCUT2D eigenvalue weighted by Gasteiger charge is 2.03. The minimum atomic E-state index is -0.225. The van der Waals surface area contributed by atoms with Crippen LogP contribution in [-0.2, 0) is 6.54 Å². The van der Waals surface area contributed by atoms with Gasteiger partial charge in [-0.3, -0.25) is 0 Å². The first-order chi connectivity index (χ1) is 9.61. The second kappa shape index (κ2) is 6.06. The van der Waals surface area contributed by atoms with E-state index < -0.39 is 0 Å². The molecular formula is C15H16FN3O. The summed E-state index contributed by atoms with van der Waals surface area (Å²) in [7, 11) is 0. The van der Waals surface area contributed by atoms with Crippen LogP contribution < -0.4 is 11.1 Å². The second-order valence-corrected chi connectivity index (χ2v) is 4.45. The van der Waals surface area contributed by atoms with Crippen molar-refractivity contribution in [2.75, 3.05) is 5.32 Å². The summed E-state index contributed by atoms with van der Waals surface area (Å²) < 4.78 is 13.4. The van der Waals surface area contributed by atoms with Crippen molar-refractivity contribution in [1.82, 2.24) is 0 Å². The van der Waals surface area contributed by atoms with Gasteiger partial charge in [0, 0.05) is 23.4 Å². The number of halogens is 1. The molecule has 2 rings (SSSR count). The van der Waals surface area contributed by atoms with E-state index in [1.807, 2.05) is 18.2 Å². The lowest BCUT2D eigenvalue weighted by Gasteiger charge is -2.10. The van der Waals surface area contributed by atoms with Gasteiger partial charge in [-0.25, -0.2) is 4.39 Å². The predicted molar refractivity (Wildman–Crippen MR) is 77.4 cm³/mol. The number of nitrogens with two attached hydrogens (primary N) is 1. The van der Waals surface area contributed by atoms with Crippen LogP contribution in [0.5, 0.6) is 0 Å². The number of oxime groups is 1. The Hall–Kier alpha value is -2.56. The number of nitrogens with one attached hydrogen (secondary N) is 1. The van der Waals surface area contributed by atoms with Gasteiger partial charge in [-0.15, -0.1) is 0 Å². The topological polar surface area (TPSA) is 70.6 Å². The van der Waals surface area contributed by atoms with Gasteiger partial charge >= 0.3 is 0 Å². The molecule has 0 atom stereocenters. The molecule has 104 valence electrons. The monoisotopic (exact) mass is 273 g/mol. The van der Waals surface area contributed by atoms with Crippen LogP contribution in [0.4, 0.5) is 10.1 Å². The van der Waals surface area contributed by atoms with E-state index in [-0.39, 0.29) is 11.7 Å². The first-order valence-electron chi connectivity index (χ1n) is 6.17. The van der Waals surface area contributed by atoms with E-state index >= 15 is 0 Å². The van der Waals surface area contributed by atoms with Gasteiger partial charge in [-0.1, -0.05) is 35.5 Å². The third-order valence-corrected chi connectivity index (χ3v) is 3.11. The fourth-order valence-electron chi connectivity index (χ4n) is 1.85. The molecule has 0 aliphatic carbocycles. The molecule has 0 fully saturated rings. The van der Waals surface area contributed by atoms with E-state index in [0.29, 0.717) is 17.7 Å². The van der Waals surface area contributed by atoms with Crippen LogP contribution in [-0.4, -0.2) is 11.0 Å². The molecule has 0 bridgehead atoms. The molecule has 4 N–H and O–H groups in total. The summed E-state index contributed by atoms with van der Waals surface area (Å²) in [5, 5.41) is 14.7. The molecule has 0 radical (unpaired) electrons. The van der Waals surface area contributed by atoms with Crippen molar-refractivity contribution in [2.24, 2.45) is 10.9 Å². The van der Waals surface area contributed by atoms with Crippen LogP contribution in [0.15, 0.2) is 47.6 Å². The molecule has 0 saturated heterocycles. The van der Waals surface area contributed by atoms with Gasteiger partial charge in [0.05, 0.1) is 0 Å². The molecule has 20 heavy (non-hydrogen) atoms. The van der Waals surface area contributed by atoms with Crippen molar-refractivity contribution in [3.05, 3.63) is 65.0 Å². The Bertz CT molecular complexity index is 624. The van der Waals surface area contributed by atoms with Gasteiger partial charge in [0.25, 0.3) is 0 Å². The Morgan fingerprint density at radius 3 is 2.60 bits per heavy atom. The number of hydrogen-bond donors (Lipinski definition) is 3. The van der Waals surface area contributed by atoms with Crippen LogP contribution in [0.25, 0.3) is 0 Å². The zero-order valence-corrected chi connectivity index (χ0v) is 11.1. The highest BCUT2D eigenvalue weighted by Crippen LogP contribution is 2.18. The molecule has 0 spiro atoms. The maximum absolute atomic E-state index is 13.4. The molecule has 0 unspecified atom stereocenters. The van der Waals surface area contributed by atoms with E-state index in [4.69, 9.17) is 10.9 Å². The standard InChI is InChI=1S/C15H16FN3O/c1-10-13(16)3-2-4-14(10)18-9-11-5-7-12(8-6-11)15(17)19-20/h2-8,18,20H,9H2,1H3,(H2,17,19). The normalized spacial score (nSPS) is 11.4. The minimum Gasteiger partial charge on any atom is -0.409 e. The average Bonchev–Trinajstić information content (AvgIpc) is 2.48. The van der Waals surface area contributed by atoms with Crippen LogP contribution in [0.1, 0.15) is 16.7 Å². The van der Waals surface area contributed by atoms with Crippen LogP contribution in [0, 0.1) is 12.7 Å². The number of nitrogens with zero attached hydrogens (tertiary/aromatic N) is 1. The van der Waals surface area contributed by atoms with Crippen molar-refractivity contribution < 1.29 is 9.60 Å². The first-order valence-corrected chi connectivity index (χ1v) is 6.17. The number of hydrogen-bond acceptors (Lipinski definition) is 3.